The van der Waals surface area contributed by atoms with Gasteiger partial charge in [0.25, 0.3) is 0 Å². The molecule has 2 rings (SSSR count). The van der Waals surface area contributed by atoms with E-state index < -0.39 is 15.8 Å². The number of hydrogen-bond acceptors (Lipinski definition) is 2. The van der Waals surface area contributed by atoms with Gasteiger partial charge in [0, 0.05) is 19.0 Å². The smallest absolute Gasteiger partial charge is 0.207 e. The average molecular weight is 312 g/mol. The quantitative estimate of drug-likeness (QED) is 0.805. The number of hydrogen-bond donors (Lipinski definition) is 0. The van der Waals surface area contributed by atoms with Gasteiger partial charge in [-0.25, -0.2) is 12.8 Å². The molecule has 100 valence electrons. The molecule has 0 amide bonds. The van der Waals surface area contributed by atoms with Crippen LogP contribution in [0.1, 0.15) is 6.42 Å². The van der Waals surface area contributed by atoms with Crippen molar-refractivity contribution in [2.45, 2.75) is 11.3 Å². The third-order valence-electron chi connectivity index (χ3n) is 2.98. The average Bonchev–Trinajstić information content (AvgIpc) is 2.81. The van der Waals surface area contributed by atoms with Crippen molar-refractivity contribution >= 4 is 33.2 Å². The minimum atomic E-state index is -3.73. The molecule has 0 N–H and O–H groups in total. The molecule has 0 aliphatic carbocycles. The van der Waals surface area contributed by atoms with Crippen molar-refractivity contribution in [1.82, 2.24) is 4.31 Å². The molecule has 18 heavy (non-hydrogen) atoms. The van der Waals surface area contributed by atoms with Crippen molar-refractivity contribution in [3.63, 3.8) is 0 Å². The van der Waals surface area contributed by atoms with Crippen LogP contribution in [0.3, 0.4) is 0 Å². The Hall–Kier alpha value is -0.360. The first-order chi connectivity index (χ1) is 8.45. The van der Waals surface area contributed by atoms with Gasteiger partial charge in [0.05, 0.1) is 5.02 Å². The summed E-state index contributed by atoms with van der Waals surface area (Å²) in [6.07, 6.45) is 0.718. The van der Waals surface area contributed by atoms with E-state index >= 15 is 0 Å². The second-order valence-electron chi connectivity index (χ2n) is 4.25. The Morgan fingerprint density at radius 2 is 2.17 bits per heavy atom. The van der Waals surface area contributed by atoms with E-state index in [9.17, 15) is 12.8 Å². The molecule has 1 aromatic rings. The first-order valence-corrected chi connectivity index (χ1v) is 7.81. The molecule has 1 atom stereocenters. The predicted molar refractivity (Wildman–Crippen MR) is 69.0 cm³/mol. The number of nitrogens with zero attached hydrogens (tertiary/aromatic N) is 1. The van der Waals surface area contributed by atoms with Gasteiger partial charge in [0.1, 0.15) is 10.7 Å². The van der Waals surface area contributed by atoms with E-state index in [1.807, 2.05) is 0 Å². The molecule has 0 aromatic heterocycles. The summed E-state index contributed by atoms with van der Waals surface area (Å²) in [6.45, 7) is 0.755. The van der Waals surface area contributed by atoms with Gasteiger partial charge in [-0.2, -0.15) is 4.31 Å². The van der Waals surface area contributed by atoms with Crippen molar-refractivity contribution in [1.29, 1.82) is 0 Å². The highest BCUT2D eigenvalue weighted by molar-refractivity contribution is 7.89. The van der Waals surface area contributed by atoms with Crippen molar-refractivity contribution in [2.75, 3.05) is 19.0 Å². The molecule has 0 bridgehead atoms. The van der Waals surface area contributed by atoms with Gasteiger partial charge in [-0.1, -0.05) is 11.6 Å². The summed E-state index contributed by atoms with van der Waals surface area (Å²) < 4.78 is 39.1. The first-order valence-electron chi connectivity index (χ1n) is 5.46. The Morgan fingerprint density at radius 1 is 1.44 bits per heavy atom. The molecule has 1 aliphatic heterocycles. The van der Waals surface area contributed by atoms with Gasteiger partial charge in [-0.3, -0.25) is 0 Å². The monoisotopic (exact) mass is 311 g/mol. The van der Waals surface area contributed by atoms with E-state index in [2.05, 4.69) is 0 Å². The highest BCUT2D eigenvalue weighted by atomic mass is 35.5. The lowest BCUT2D eigenvalue weighted by Crippen LogP contribution is -2.29. The molecule has 1 aliphatic rings. The van der Waals surface area contributed by atoms with Crippen molar-refractivity contribution in [2.24, 2.45) is 5.92 Å². The van der Waals surface area contributed by atoms with Crippen molar-refractivity contribution in [3.8, 4) is 0 Å². The molecule has 1 fully saturated rings. The number of halogens is 3. The summed E-state index contributed by atoms with van der Waals surface area (Å²) in [4.78, 5) is -0.181. The van der Waals surface area contributed by atoms with Gasteiger partial charge in [0.15, 0.2) is 0 Å². The van der Waals surface area contributed by atoms with Crippen LogP contribution in [-0.2, 0) is 10.0 Å². The van der Waals surface area contributed by atoms with Crippen molar-refractivity contribution in [3.05, 3.63) is 29.0 Å². The second-order valence-corrected chi connectivity index (χ2v) is 6.87. The molecule has 0 radical (unpaired) electrons. The molecule has 7 heteroatoms. The van der Waals surface area contributed by atoms with Crippen LogP contribution in [0.4, 0.5) is 4.39 Å². The normalized spacial score (nSPS) is 21.4. The number of benzene rings is 1. The zero-order valence-corrected chi connectivity index (χ0v) is 11.8. The number of rotatable bonds is 3. The van der Waals surface area contributed by atoms with E-state index in [1.54, 1.807) is 0 Å². The fourth-order valence-electron chi connectivity index (χ4n) is 1.96. The summed E-state index contributed by atoms with van der Waals surface area (Å²) in [5.41, 5.74) is 0. The SMILES string of the molecule is O=S(=O)(c1cc(F)ccc1Cl)N1CCC(CCl)C1. The van der Waals surface area contributed by atoms with E-state index in [-0.39, 0.29) is 15.8 Å². The zero-order valence-electron chi connectivity index (χ0n) is 9.44. The van der Waals surface area contributed by atoms with Crippen LogP contribution in [0, 0.1) is 11.7 Å². The topological polar surface area (TPSA) is 37.4 Å². The summed E-state index contributed by atoms with van der Waals surface area (Å²) in [5.74, 6) is -0.0528. The third kappa shape index (κ3) is 2.64. The molecular formula is C11H12Cl2FNO2S. The fraction of sp³-hybridized carbons (Fsp3) is 0.455. The Bertz CT molecular complexity index is 550. The van der Waals surface area contributed by atoms with Crippen LogP contribution >= 0.6 is 23.2 Å². The van der Waals surface area contributed by atoms with Crippen LogP contribution in [0.15, 0.2) is 23.1 Å². The first kappa shape index (κ1) is 14.1. The van der Waals surface area contributed by atoms with Gasteiger partial charge >= 0.3 is 0 Å². The van der Waals surface area contributed by atoms with Crippen molar-refractivity contribution < 1.29 is 12.8 Å². The van der Waals surface area contributed by atoms with Crippen LogP contribution in [0.5, 0.6) is 0 Å². The molecule has 1 heterocycles. The maximum absolute atomic E-state index is 13.1. The van der Waals surface area contributed by atoms with Crippen LogP contribution in [0.2, 0.25) is 5.02 Å². The second kappa shape index (κ2) is 5.33. The summed E-state index contributed by atoms with van der Waals surface area (Å²) in [7, 11) is -3.73. The van der Waals surface area contributed by atoms with E-state index in [0.717, 1.165) is 18.6 Å². The summed E-state index contributed by atoms with van der Waals surface area (Å²) in [6, 6.07) is 3.33. The lowest BCUT2D eigenvalue weighted by Gasteiger charge is -2.17. The largest absolute Gasteiger partial charge is 0.244 e. The molecule has 1 aromatic carbocycles. The Labute approximate surface area is 116 Å². The molecule has 1 saturated heterocycles. The minimum absolute atomic E-state index is 0.0331. The number of sulfonamides is 1. The molecular weight excluding hydrogens is 300 g/mol. The maximum atomic E-state index is 13.1. The Morgan fingerprint density at radius 3 is 2.78 bits per heavy atom. The number of alkyl halides is 1. The lowest BCUT2D eigenvalue weighted by molar-refractivity contribution is 0.464. The van der Waals surface area contributed by atoms with E-state index in [0.29, 0.717) is 19.0 Å². The maximum Gasteiger partial charge on any atom is 0.244 e. The standard InChI is InChI=1S/C11H12Cl2FNO2S/c12-6-8-3-4-15(7-8)18(16,17)11-5-9(14)1-2-10(11)13/h1-2,5,8H,3-4,6-7H2. The summed E-state index contributed by atoms with van der Waals surface area (Å²) >= 11 is 11.5. The lowest BCUT2D eigenvalue weighted by atomic mass is 10.2. The molecule has 0 saturated carbocycles. The van der Waals surface area contributed by atoms with E-state index in [1.165, 1.54) is 10.4 Å². The molecule has 3 nitrogen and oxygen atoms in total. The highest BCUT2D eigenvalue weighted by Gasteiger charge is 2.33. The minimum Gasteiger partial charge on any atom is -0.207 e. The van der Waals surface area contributed by atoms with Gasteiger partial charge < -0.3 is 0 Å². The van der Waals surface area contributed by atoms with Gasteiger partial charge in [0.2, 0.25) is 10.0 Å². The van der Waals surface area contributed by atoms with Crippen LogP contribution in [-0.4, -0.2) is 31.7 Å². The van der Waals surface area contributed by atoms with Gasteiger partial charge in [-0.05, 0) is 30.5 Å². The third-order valence-corrected chi connectivity index (χ3v) is 5.76. The fourth-order valence-corrected chi connectivity index (χ4v) is 4.22. The Balaban J connectivity index is 2.34. The predicted octanol–water partition coefficient (Wildman–Crippen LogP) is 2.73. The van der Waals surface area contributed by atoms with E-state index in [4.69, 9.17) is 23.2 Å². The summed E-state index contributed by atoms with van der Waals surface area (Å²) in [5, 5.41) is 0.0331. The molecule has 1 unspecified atom stereocenters. The van der Waals surface area contributed by atoms with Crippen LogP contribution < -0.4 is 0 Å². The highest BCUT2D eigenvalue weighted by Crippen LogP contribution is 2.29. The molecule has 0 spiro atoms. The Kier molecular flexibility index (Phi) is 4.16. The zero-order chi connectivity index (χ0) is 13.3. The van der Waals surface area contributed by atoms with Crippen LogP contribution in [0.25, 0.3) is 0 Å². The van der Waals surface area contributed by atoms with Gasteiger partial charge in [-0.15, -0.1) is 11.6 Å².